The Morgan fingerprint density at radius 2 is 2.27 bits per heavy atom. The molecule has 0 radical (unpaired) electrons. The summed E-state index contributed by atoms with van der Waals surface area (Å²) < 4.78 is 5.08. The predicted molar refractivity (Wildman–Crippen MR) is 82.5 cm³/mol. The van der Waals surface area contributed by atoms with Gasteiger partial charge in [-0.2, -0.15) is 4.98 Å². The van der Waals surface area contributed by atoms with Crippen LogP contribution in [0.1, 0.15) is 36.2 Å². The molecule has 2 aromatic rings. The van der Waals surface area contributed by atoms with Crippen molar-refractivity contribution in [2.75, 3.05) is 6.54 Å². The number of thioether (sulfide) groups is 1. The molecule has 1 aromatic heterocycles. The SMILES string of the molecule is Cc1nc(C2CCCN2C(=O)C2Cc3ccccc3S2)no1. The Labute approximate surface area is 133 Å². The van der Waals surface area contributed by atoms with Gasteiger partial charge in [-0.05, 0) is 30.9 Å². The lowest BCUT2D eigenvalue weighted by atomic mass is 10.1. The number of nitrogens with zero attached hydrogens (tertiary/aromatic N) is 3. The number of aryl methyl sites for hydroxylation is 1. The molecule has 5 nitrogen and oxygen atoms in total. The molecule has 6 heteroatoms. The Morgan fingerprint density at radius 1 is 1.41 bits per heavy atom. The first-order chi connectivity index (χ1) is 10.7. The van der Waals surface area contributed by atoms with Gasteiger partial charge in [0.25, 0.3) is 0 Å². The van der Waals surface area contributed by atoms with E-state index in [1.807, 2.05) is 17.0 Å². The molecule has 0 saturated carbocycles. The second kappa shape index (κ2) is 5.43. The van der Waals surface area contributed by atoms with Gasteiger partial charge in [-0.1, -0.05) is 23.4 Å². The number of rotatable bonds is 2. The monoisotopic (exact) mass is 315 g/mol. The fourth-order valence-corrected chi connectivity index (χ4v) is 4.52. The molecule has 1 amide bonds. The van der Waals surface area contributed by atoms with Gasteiger partial charge in [-0.3, -0.25) is 4.79 Å². The van der Waals surface area contributed by atoms with Crippen LogP contribution in [-0.2, 0) is 11.2 Å². The zero-order chi connectivity index (χ0) is 15.1. The molecule has 1 fully saturated rings. The number of hydrogen-bond donors (Lipinski definition) is 0. The number of carbonyl (C=O) groups is 1. The molecule has 1 aromatic carbocycles. The molecule has 2 atom stereocenters. The molecule has 4 rings (SSSR count). The van der Waals surface area contributed by atoms with Crippen molar-refractivity contribution in [1.29, 1.82) is 0 Å². The highest BCUT2D eigenvalue weighted by Crippen LogP contribution is 2.40. The molecule has 114 valence electrons. The van der Waals surface area contributed by atoms with Crippen molar-refractivity contribution in [2.24, 2.45) is 0 Å². The Bertz CT molecular complexity index is 690. The fraction of sp³-hybridized carbons (Fsp3) is 0.438. The van der Waals surface area contributed by atoms with Gasteiger partial charge in [0, 0.05) is 18.4 Å². The lowest BCUT2D eigenvalue weighted by Crippen LogP contribution is -2.37. The molecule has 0 aliphatic carbocycles. The number of amides is 1. The minimum atomic E-state index is -0.0331. The zero-order valence-electron chi connectivity index (χ0n) is 12.4. The molecular formula is C16H17N3O2S. The van der Waals surface area contributed by atoms with Crippen LogP contribution in [0, 0.1) is 6.92 Å². The molecule has 2 aliphatic heterocycles. The number of carbonyl (C=O) groups excluding carboxylic acids is 1. The summed E-state index contributed by atoms with van der Waals surface area (Å²) >= 11 is 1.68. The van der Waals surface area contributed by atoms with Gasteiger partial charge in [-0.15, -0.1) is 11.8 Å². The van der Waals surface area contributed by atoms with Crippen LogP contribution in [0.15, 0.2) is 33.7 Å². The van der Waals surface area contributed by atoms with Gasteiger partial charge in [-0.25, -0.2) is 0 Å². The van der Waals surface area contributed by atoms with Crippen LogP contribution in [0.2, 0.25) is 0 Å². The first kappa shape index (κ1) is 13.8. The fourth-order valence-electron chi connectivity index (χ4n) is 3.25. The third-order valence-electron chi connectivity index (χ3n) is 4.30. The van der Waals surface area contributed by atoms with E-state index in [9.17, 15) is 4.79 Å². The first-order valence-electron chi connectivity index (χ1n) is 7.57. The Kier molecular flexibility index (Phi) is 3.41. The topological polar surface area (TPSA) is 59.2 Å². The highest BCUT2D eigenvalue weighted by molar-refractivity contribution is 8.01. The van der Waals surface area contributed by atoms with Crippen LogP contribution in [-0.4, -0.2) is 32.7 Å². The van der Waals surface area contributed by atoms with E-state index in [1.54, 1.807) is 18.7 Å². The highest BCUT2D eigenvalue weighted by atomic mass is 32.2. The normalized spacial score (nSPS) is 23.8. The van der Waals surface area contributed by atoms with E-state index >= 15 is 0 Å². The number of fused-ring (bicyclic) bond motifs is 1. The van der Waals surface area contributed by atoms with Crippen LogP contribution in [0.25, 0.3) is 0 Å². The van der Waals surface area contributed by atoms with Crippen molar-refractivity contribution in [2.45, 2.75) is 42.4 Å². The smallest absolute Gasteiger partial charge is 0.237 e. The molecule has 22 heavy (non-hydrogen) atoms. The Hall–Kier alpha value is -1.82. The van der Waals surface area contributed by atoms with E-state index in [0.717, 1.165) is 25.8 Å². The first-order valence-corrected chi connectivity index (χ1v) is 8.45. The van der Waals surface area contributed by atoms with E-state index in [1.165, 1.54) is 10.5 Å². The second-order valence-electron chi connectivity index (χ2n) is 5.78. The molecule has 0 spiro atoms. The molecular weight excluding hydrogens is 298 g/mol. The zero-order valence-corrected chi connectivity index (χ0v) is 13.2. The average molecular weight is 315 g/mol. The van der Waals surface area contributed by atoms with Crippen LogP contribution >= 0.6 is 11.8 Å². The summed E-state index contributed by atoms with van der Waals surface area (Å²) in [7, 11) is 0. The van der Waals surface area contributed by atoms with Crippen molar-refractivity contribution >= 4 is 17.7 Å². The molecule has 1 saturated heterocycles. The van der Waals surface area contributed by atoms with Crippen LogP contribution in [0.5, 0.6) is 0 Å². The summed E-state index contributed by atoms with van der Waals surface area (Å²) in [5.74, 6) is 1.40. The molecule has 0 bridgehead atoms. The van der Waals surface area contributed by atoms with Crippen LogP contribution < -0.4 is 0 Å². The average Bonchev–Trinajstić information content (AvgIpc) is 3.24. The highest BCUT2D eigenvalue weighted by Gasteiger charge is 2.38. The van der Waals surface area contributed by atoms with Crippen LogP contribution in [0.3, 0.4) is 0 Å². The van der Waals surface area contributed by atoms with Gasteiger partial charge in [0.05, 0.1) is 11.3 Å². The minimum Gasteiger partial charge on any atom is -0.340 e. The number of likely N-dealkylation sites (tertiary alicyclic amines) is 1. The van der Waals surface area contributed by atoms with Gasteiger partial charge < -0.3 is 9.42 Å². The Morgan fingerprint density at radius 3 is 3.05 bits per heavy atom. The molecule has 0 N–H and O–H groups in total. The van der Waals surface area contributed by atoms with Crippen molar-refractivity contribution in [3.63, 3.8) is 0 Å². The van der Waals surface area contributed by atoms with E-state index in [-0.39, 0.29) is 17.2 Å². The van der Waals surface area contributed by atoms with Gasteiger partial charge in [0.2, 0.25) is 11.8 Å². The largest absolute Gasteiger partial charge is 0.340 e. The number of aromatic nitrogens is 2. The third-order valence-corrected chi connectivity index (χ3v) is 5.60. The van der Waals surface area contributed by atoms with E-state index in [2.05, 4.69) is 22.3 Å². The van der Waals surface area contributed by atoms with Crippen molar-refractivity contribution < 1.29 is 9.32 Å². The summed E-state index contributed by atoms with van der Waals surface area (Å²) in [5.41, 5.74) is 1.28. The minimum absolute atomic E-state index is 0.0222. The standard InChI is InChI=1S/C16H17N3O2S/c1-10-17-15(18-21-10)12-6-4-8-19(12)16(20)14-9-11-5-2-3-7-13(11)22-14/h2-3,5,7,12,14H,4,6,8-9H2,1H3. The van der Waals surface area contributed by atoms with Crippen LogP contribution in [0.4, 0.5) is 0 Å². The summed E-state index contributed by atoms with van der Waals surface area (Å²) in [6.45, 7) is 2.56. The maximum absolute atomic E-state index is 12.9. The molecule has 3 heterocycles. The van der Waals surface area contributed by atoms with Gasteiger partial charge in [0.1, 0.15) is 0 Å². The summed E-state index contributed by atoms with van der Waals surface area (Å²) in [4.78, 5) is 20.4. The summed E-state index contributed by atoms with van der Waals surface area (Å²) in [6.07, 6.45) is 2.72. The Balaban J connectivity index is 1.53. The quantitative estimate of drug-likeness (QED) is 0.853. The van der Waals surface area contributed by atoms with Gasteiger partial charge >= 0.3 is 0 Å². The van der Waals surface area contributed by atoms with E-state index in [0.29, 0.717) is 11.7 Å². The summed E-state index contributed by atoms with van der Waals surface area (Å²) in [6, 6.07) is 8.23. The lowest BCUT2D eigenvalue weighted by molar-refractivity contribution is -0.131. The third kappa shape index (κ3) is 2.31. The summed E-state index contributed by atoms with van der Waals surface area (Å²) in [5, 5.41) is 3.99. The molecule has 2 unspecified atom stereocenters. The maximum atomic E-state index is 12.9. The van der Waals surface area contributed by atoms with E-state index < -0.39 is 0 Å². The lowest BCUT2D eigenvalue weighted by Gasteiger charge is -2.24. The van der Waals surface area contributed by atoms with Gasteiger partial charge in [0.15, 0.2) is 5.82 Å². The molecule has 2 aliphatic rings. The van der Waals surface area contributed by atoms with Crippen molar-refractivity contribution in [3.8, 4) is 0 Å². The van der Waals surface area contributed by atoms with Crippen molar-refractivity contribution in [1.82, 2.24) is 15.0 Å². The maximum Gasteiger partial charge on any atom is 0.237 e. The van der Waals surface area contributed by atoms with E-state index in [4.69, 9.17) is 4.52 Å². The number of hydrogen-bond acceptors (Lipinski definition) is 5. The second-order valence-corrected chi connectivity index (χ2v) is 7.02. The predicted octanol–water partition coefficient (Wildman–Crippen LogP) is 2.76. The van der Waals surface area contributed by atoms with Crippen molar-refractivity contribution in [3.05, 3.63) is 41.5 Å². The number of benzene rings is 1.